The first kappa shape index (κ1) is 22.4. The summed E-state index contributed by atoms with van der Waals surface area (Å²) in [6.07, 6.45) is 5.96. The molecule has 2 saturated heterocycles. The van der Waals surface area contributed by atoms with Gasteiger partial charge in [0.05, 0.1) is 6.54 Å². The van der Waals surface area contributed by atoms with Gasteiger partial charge in [-0.1, -0.05) is 13.8 Å². The summed E-state index contributed by atoms with van der Waals surface area (Å²) < 4.78 is 11.2. The molecule has 27 heavy (non-hydrogen) atoms. The highest BCUT2D eigenvalue weighted by molar-refractivity contribution is 5.79. The summed E-state index contributed by atoms with van der Waals surface area (Å²) in [4.78, 5) is 7.48. The lowest BCUT2D eigenvalue weighted by Gasteiger charge is -2.29. The van der Waals surface area contributed by atoms with E-state index < -0.39 is 0 Å². The number of aliphatic imine (C=N–C) groups is 1. The molecule has 6 heteroatoms. The summed E-state index contributed by atoms with van der Waals surface area (Å²) in [6.45, 7) is 15.3. The third-order valence-electron chi connectivity index (χ3n) is 5.61. The van der Waals surface area contributed by atoms with Crippen molar-refractivity contribution in [2.24, 2.45) is 16.8 Å². The van der Waals surface area contributed by atoms with Gasteiger partial charge in [-0.2, -0.15) is 0 Å². The molecule has 2 N–H and O–H groups in total. The average Bonchev–Trinajstić information content (AvgIpc) is 3.19. The van der Waals surface area contributed by atoms with E-state index in [4.69, 9.17) is 14.5 Å². The lowest BCUT2D eigenvalue weighted by atomic mass is 10.0. The van der Waals surface area contributed by atoms with E-state index >= 15 is 0 Å². The maximum absolute atomic E-state index is 5.85. The van der Waals surface area contributed by atoms with Gasteiger partial charge in [-0.25, -0.2) is 0 Å². The number of ether oxygens (including phenoxy) is 2. The molecule has 0 spiro atoms. The summed E-state index contributed by atoms with van der Waals surface area (Å²) in [7, 11) is 0. The lowest BCUT2D eigenvalue weighted by Crippen LogP contribution is -2.42. The first-order valence-electron chi connectivity index (χ1n) is 11.1. The van der Waals surface area contributed by atoms with Gasteiger partial charge in [-0.3, -0.25) is 9.89 Å². The Bertz CT molecular complexity index is 405. The lowest BCUT2D eigenvalue weighted by molar-refractivity contribution is 0.0203. The van der Waals surface area contributed by atoms with Crippen LogP contribution in [0.3, 0.4) is 0 Å². The van der Waals surface area contributed by atoms with Crippen LogP contribution in [0.5, 0.6) is 0 Å². The Balaban J connectivity index is 1.64. The Morgan fingerprint density at radius 2 is 1.93 bits per heavy atom. The zero-order valence-corrected chi connectivity index (χ0v) is 17.8. The highest BCUT2D eigenvalue weighted by Crippen LogP contribution is 2.18. The molecular formula is C21H42N4O2. The second kappa shape index (κ2) is 13.3. The number of rotatable bonds is 11. The van der Waals surface area contributed by atoms with Crippen molar-refractivity contribution in [3.8, 4) is 0 Å². The van der Waals surface area contributed by atoms with Crippen LogP contribution in [-0.4, -0.2) is 76.1 Å². The van der Waals surface area contributed by atoms with Gasteiger partial charge in [-0.15, -0.1) is 0 Å². The molecule has 1 atom stereocenters. The van der Waals surface area contributed by atoms with Gasteiger partial charge in [0.2, 0.25) is 0 Å². The van der Waals surface area contributed by atoms with E-state index in [2.05, 4.69) is 36.3 Å². The van der Waals surface area contributed by atoms with Crippen molar-refractivity contribution >= 4 is 5.96 Å². The Kier molecular flexibility index (Phi) is 11.1. The van der Waals surface area contributed by atoms with Crippen LogP contribution in [0.25, 0.3) is 0 Å². The zero-order chi connectivity index (χ0) is 19.3. The van der Waals surface area contributed by atoms with Gasteiger partial charge in [0.25, 0.3) is 0 Å². The van der Waals surface area contributed by atoms with Crippen LogP contribution < -0.4 is 10.6 Å². The molecule has 2 fully saturated rings. The van der Waals surface area contributed by atoms with Crippen molar-refractivity contribution in [2.75, 3.05) is 59.2 Å². The predicted octanol–water partition coefficient (Wildman–Crippen LogP) is 2.50. The van der Waals surface area contributed by atoms with Crippen molar-refractivity contribution in [1.29, 1.82) is 0 Å². The second-order valence-corrected chi connectivity index (χ2v) is 8.19. The van der Waals surface area contributed by atoms with E-state index in [0.717, 1.165) is 71.3 Å². The van der Waals surface area contributed by atoms with Crippen molar-refractivity contribution < 1.29 is 9.47 Å². The monoisotopic (exact) mass is 382 g/mol. The topological polar surface area (TPSA) is 58.1 Å². The summed E-state index contributed by atoms with van der Waals surface area (Å²) >= 11 is 0. The number of nitrogens with one attached hydrogen (secondary N) is 2. The first-order valence-corrected chi connectivity index (χ1v) is 11.1. The highest BCUT2D eigenvalue weighted by atomic mass is 16.5. The van der Waals surface area contributed by atoms with Gasteiger partial charge >= 0.3 is 0 Å². The molecule has 0 aromatic heterocycles. The molecule has 0 bridgehead atoms. The third-order valence-corrected chi connectivity index (χ3v) is 5.61. The molecule has 0 aromatic rings. The molecule has 0 saturated carbocycles. The second-order valence-electron chi connectivity index (χ2n) is 8.19. The standard InChI is InChI=1S/C21H42N4O2/c1-4-22-21(24-16-20(18(2)3)25-11-5-6-12-25)23-10-7-13-27-17-19-8-14-26-15-9-19/h18-20H,4-17H2,1-3H3,(H2,22,23,24). The van der Waals surface area contributed by atoms with Gasteiger partial charge < -0.3 is 20.1 Å². The molecule has 0 radical (unpaired) electrons. The normalized spacial score (nSPS) is 21.0. The van der Waals surface area contributed by atoms with E-state index in [0.29, 0.717) is 17.9 Å². The van der Waals surface area contributed by atoms with Crippen LogP contribution >= 0.6 is 0 Å². The molecule has 0 aliphatic carbocycles. The average molecular weight is 383 g/mol. The quantitative estimate of drug-likeness (QED) is 0.327. The first-order chi connectivity index (χ1) is 13.2. The van der Waals surface area contributed by atoms with E-state index in [-0.39, 0.29) is 0 Å². The number of hydrogen-bond donors (Lipinski definition) is 2. The molecule has 1 unspecified atom stereocenters. The molecule has 2 aliphatic heterocycles. The van der Waals surface area contributed by atoms with Crippen LogP contribution in [0.4, 0.5) is 0 Å². The van der Waals surface area contributed by atoms with E-state index in [1.807, 2.05) is 0 Å². The minimum Gasteiger partial charge on any atom is -0.381 e. The maximum atomic E-state index is 5.85. The van der Waals surface area contributed by atoms with Crippen molar-refractivity contribution in [3.63, 3.8) is 0 Å². The summed E-state index contributed by atoms with van der Waals surface area (Å²) in [6, 6.07) is 0.547. The van der Waals surface area contributed by atoms with Crippen LogP contribution in [0.15, 0.2) is 4.99 Å². The Labute approximate surface area is 166 Å². The summed E-state index contributed by atoms with van der Waals surface area (Å²) in [5.41, 5.74) is 0. The molecular weight excluding hydrogens is 340 g/mol. The van der Waals surface area contributed by atoms with Gasteiger partial charge in [0.15, 0.2) is 5.96 Å². The van der Waals surface area contributed by atoms with E-state index in [1.54, 1.807) is 0 Å². The Morgan fingerprint density at radius 1 is 1.19 bits per heavy atom. The molecule has 0 amide bonds. The maximum Gasteiger partial charge on any atom is 0.191 e. The smallest absolute Gasteiger partial charge is 0.191 e. The molecule has 2 heterocycles. The van der Waals surface area contributed by atoms with Crippen LogP contribution in [0.1, 0.15) is 52.9 Å². The predicted molar refractivity (Wildman–Crippen MR) is 112 cm³/mol. The zero-order valence-electron chi connectivity index (χ0n) is 17.8. The van der Waals surface area contributed by atoms with Crippen molar-refractivity contribution in [3.05, 3.63) is 0 Å². The third kappa shape index (κ3) is 8.79. The van der Waals surface area contributed by atoms with E-state index in [1.165, 1.54) is 25.9 Å². The Hall–Kier alpha value is -0.850. The molecule has 158 valence electrons. The van der Waals surface area contributed by atoms with Crippen LogP contribution in [-0.2, 0) is 9.47 Å². The fraction of sp³-hybridized carbons (Fsp3) is 0.952. The number of nitrogens with zero attached hydrogens (tertiary/aromatic N) is 2. The van der Waals surface area contributed by atoms with Gasteiger partial charge in [-0.05, 0) is 64.0 Å². The molecule has 2 rings (SSSR count). The van der Waals surface area contributed by atoms with Gasteiger partial charge in [0.1, 0.15) is 0 Å². The van der Waals surface area contributed by atoms with E-state index in [9.17, 15) is 0 Å². The highest BCUT2D eigenvalue weighted by Gasteiger charge is 2.24. The van der Waals surface area contributed by atoms with Crippen LogP contribution in [0.2, 0.25) is 0 Å². The summed E-state index contributed by atoms with van der Waals surface area (Å²) in [5, 5.41) is 6.84. The fourth-order valence-electron chi connectivity index (χ4n) is 3.89. The van der Waals surface area contributed by atoms with Crippen LogP contribution in [0, 0.1) is 11.8 Å². The summed E-state index contributed by atoms with van der Waals surface area (Å²) in [5.74, 6) is 2.25. The number of hydrogen-bond acceptors (Lipinski definition) is 4. The minimum atomic E-state index is 0.547. The fourth-order valence-corrected chi connectivity index (χ4v) is 3.89. The number of likely N-dealkylation sites (tertiary alicyclic amines) is 1. The van der Waals surface area contributed by atoms with Crippen molar-refractivity contribution in [2.45, 2.75) is 58.9 Å². The number of guanidine groups is 1. The van der Waals surface area contributed by atoms with Crippen molar-refractivity contribution in [1.82, 2.24) is 15.5 Å². The molecule has 2 aliphatic rings. The molecule has 0 aromatic carbocycles. The molecule has 6 nitrogen and oxygen atoms in total. The largest absolute Gasteiger partial charge is 0.381 e. The minimum absolute atomic E-state index is 0.547. The SMILES string of the molecule is CCNC(=NCC(C(C)C)N1CCCC1)NCCCOCC1CCOCC1. The van der Waals surface area contributed by atoms with Gasteiger partial charge in [0, 0.05) is 45.6 Å². The Morgan fingerprint density at radius 3 is 2.59 bits per heavy atom.